The second-order valence-electron chi connectivity index (χ2n) is 6.04. The summed E-state index contributed by atoms with van der Waals surface area (Å²) in [6.45, 7) is 10.0. The molecule has 2 N–H and O–H groups in total. The number of hydrogen-bond donors (Lipinski definition) is 2. The van der Waals surface area contributed by atoms with E-state index in [2.05, 4.69) is 5.32 Å². The van der Waals surface area contributed by atoms with Gasteiger partial charge in [0.15, 0.2) is 0 Å². The standard InChI is InChI=1S/C15H30N2O3/c1-12(2)10-17(11-13(3)4)15(20)14(19)16-8-6-5-7-9-18/h12-13,18H,5-11H2,1-4H3,(H,16,19). The molecule has 20 heavy (non-hydrogen) atoms. The van der Waals surface area contributed by atoms with E-state index >= 15 is 0 Å². The maximum absolute atomic E-state index is 12.1. The van der Waals surface area contributed by atoms with Crippen LogP contribution in [0.15, 0.2) is 0 Å². The smallest absolute Gasteiger partial charge is 0.311 e. The molecule has 5 heteroatoms. The molecule has 0 aromatic heterocycles. The molecule has 0 aromatic carbocycles. The quantitative estimate of drug-likeness (QED) is 0.497. The molecular formula is C15H30N2O3. The Bertz CT molecular complexity index is 281. The molecule has 0 rings (SSSR count). The topological polar surface area (TPSA) is 69.6 Å². The molecule has 0 atom stereocenters. The molecular weight excluding hydrogens is 256 g/mol. The average molecular weight is 286 g/mol. The normalized spacial score (nSPS) is 10.9. The van der Waals surface area contributed by atoms with Gasteiger partial charge in [0.25, 0.3) is 0 Å². The van der Waals surface area contributed by atoms with E-state index in [9.17, 15) is 9.59 Å². The van der Waals surface area contributed by atoms with Crippen molar-refractivity contribution in [1.82, 2.24) is 10.2 Å². The van der Waals surface area contributed by atoms with Gasteiger partial charge in [-0.3, -0.25) is 9.59 Å². The SMILES string of the molecule is CC(C)CN(CC(C)C)C(=O)C(=O)NCCCCCO. The van der Waals surface area contributed by atoms with Gasteiger partial charge in [-0.2, -0.15) is 0 Å². The maximum atomic E-state index is 12.1. The first-order valence-electron chi connectivity index (χ1n) is 7.56. The number of amides is 2. The van der Waals surface area contributed by atoms with Crippen LogP contribution in [-0.4, -0.2) is 48.1 Å². The number of aliphatic hydroxyl groups is 1. The average Bonchev–Trinajstić information content (AvgIpc) is 2.35. The number of aliphatic hydroxyl groups excluding tert-OH is 1. The van der Waals surface area contributed by atoms with Crippen LogP contribution in [-0.2, 0) is 9.59 Å². The summed E-state index contributed by atoms with van der Waals surface area (Å²) in [6.07, 6.45) is 2.37. The Labute approximate surface area is 122 Å². The van der Waals surface area contributed by atoms with Gasteiger partial charge in [0, 0.05) is 26.2 Å². The number of nitrogens with one attached hydrogen (secondary N) is 1. The van der Waals surface area contributed by atoms with Crippen molar-refractivity contribution in [1.29, 1.82) is 0 Å². The molecule has 0 bridgehead atoms. The summed E-state index contributed by atoms with van der Waals surface area (Å²) >= 11 is 0. The zero-order valence-electron chi connectivity index (χ0n) is 13.3. The molecule has 2 amide bonds. The van der Waals surface area contributed by atoms with Gasteiger partial charge in [0.05, 0.1) is 0 Å². The summed E-state index contributed by atoms with van der Waals surface area (Å²) in [4.78, 5) is 25.6. The van der Waals surface area contributed by atoms with Gasteiger partial charge in [-0.05, 0) is 31.1 Å². The van der Waals surface area contributed by atoms with Crippen molar-refractivity contribution in [3.05, 3.63) is 0 Å². The zero-order valence-corrected chi connectivity index (χ0v) is 13.3. The first-order chi connectivity index (χ1) is 9.38. The molecule has 0 aliphatic heterocycles. The van der Waals surface area contributed by atoms with Crippen molar-refractivity contribution in [3.63, 3.8) is 0 Å². The van der Waals surface area contributed by atoms with Crippen molar-refractivity contribution in [3.8, 4) is 0 Å². The van der Waals surface area contributed by atoms with Gasteiger partial charge >= 0.3 is 11.8 Å². The Balaban J connectivity index is 4.23. The lowest BCUT2D eigenvalue weighted by molar-refractivity contribution is -0.146. The zero-order chi connectivity index (χ0) is 15.5. The summed E-state index contributed by atoms with van der Waals surface area (Å²) in [5.41, 5.74) is 0. The van der Waals surface area contributed by atoms with E-state index in [0.29, 0.717) is 31.5 Å². The molecule has 118 valence electrons. The lowest BCUT2D eigenvalue weighted by atomic mass is 10.1. The van der Waals surface area contributed by atoms with Crippen LogP contribution in [0.3, 0.4) is 0 Å². The van der Waals surface area contributed by atoms with E-state index in [0.717, 1.165) is 19.3 Å². The van der Waals surface area contributed by atoms with Crippen molar-refractivity contribution < 1.29 is 14.7 Å². The first-order valence-corrected chi connectivity index (χ1v) is 7.56. The Morgan fingerprint density at radius 3 is 2.00 bits per heavy atom. The third-order valence-corrected chi connectivity index (χ3v) is 2.77. The van der Waals surface area contributed by atoms with Crippen LogP contribution >= 0.6 is 0 Å². The molecule has 0 aliphatic rings. The summed E-state index contributed by atoms with van der Waals surface area (Å²) < 4.78 is 0. The predicted molar refractivity (Wildman–Crippen MR) is 80.2 cm³/mol. The van der Waals surface area contributed by atoms with Gasteiger partial charge < -0.3 is 15.3 Å². The van der Waals surface area contributed by atoms with E-state index in [4.69, 9.17) is 5.11 Å². The Hall–Kier alpha value is -1.10. The highest BCUT2D eigenvalue weighted by molar-refractivity contribution is 6.35. The fraction of sp³-hybridized carbons (Fsp3) is 0.867. The van der Waals surface area contributed by atoms with E-state index in [1.165, 1.54) is 0 Å². The second kappa shape index (κ2) is 10.7. The highest BCUT2D eigenvalue weighted by Crippen LogP contribution is 2.04. The summed E-state index contributed by atoms with van der Waals surface area (Å²) in [5, 5.41) is 11.3. The number of unbranched alkanes of at least 4 members (excludes halogenated alkanes) is 2. The van der Waals surface area contributed by atoms with Gasteiger partial charge in [-0.15, -0.1) is 0 Å². The third-order valence-electron chi connectivity index (χ3n) is 2.77. The Morgan fingerprint density at radius 1 is 1.00 bits per heavy atom. The van der Waals surface area contributed by atoms with Crippen LogP contribution in [0.1, 0.15) is 47.0 Å². The largest absolute Gasteiger partial charge is 0.396 e. The van der Waals surface area contributed by atoms with Crippen LogP contribution in [0.5, 0.6) is 0 Å². The summed E-state index contributed by atoms with van der Waals surface area (Å²) in [5.74, 6) is -0.269. The van der Waals surface area contributed by atoms with Crippen molar-refractivity contribution in [2.45, 2.75) is 47.0 Å². The second-order valence-corrected chi connectivity index (χ2v) is 6.04. The van der Waals surface area contributed by atoms with Crippen LogP contribution < -0.4 is 5.32 Å². The van der Waals surface area contributed by atoms with Crippen molar-refractivity contribution in [2.24, 2.45) is 11.8 Å². The van der Waals surface area contributed by atoms with Crippen LogP contribution in [0.25, 0.3) is 0 Å². The number of carbonyl (C=O) groups is 2. The minimum absolute atomic E-state index is 0.170. The van der Waals surface area contributed by atoms with Gasteiger partial charge in [-0.25, -0.2) is 0 Å². The third kappa shape index (κ3) is 8.91. The minimum Gasteiger partial charge on any atom is -0.396 e. The lowest BCUT2D eigenvalue weighted by Gasteiger charge is -2.25. The monoisotopic (exact) mass is 286 g/mol. The molecule has 0 radical (unpaired) electrons. The molecule has 0 heterocycles. The van der Waals surface area contributed by atoms with E-state index < -0.39 is 11.8 Å². The highest BCUT2D eigenvalue weighted by atomic mass is 16.3. The van der Waals surface area contributed by atoms with Crippen molar-refractivity contribution in [2.75, 3.05) is 26.2 Å². The van der Waals surface area contributed by atoms with Crippen LogP contribution in [0.2, 0.25) is 0 Å². The Morgan fingerprint density at radius 2 is 1.55 bits per heavy atom. The fourth-order valence-electron chi connectivity index (χ4n) is 1.96. The number of rotatable bonds is 9. The van der Waals surface area contributed by atoms with E-state index in [-0.39, 0.29) is 6.61 Å². The molecule has 0 fully saturated rings. The Kier molecular flexibility index (Phi) is 10.1. The number of carbonyl (C=O) groups excluding carboxylic acids is 2. The van der Waals surface area contributed by atoms with E-state index in [1.807, 2.05) is 27.7 Å². The lowest BCUT2D eigenvalue weighted by Crippen LogP contribution is -2.46. The van der Waals surface area contributed by atoms with Gasteiger partial charge in [0.1, 0.15) is 0 Å². The number of nitrogens with zero attached hydrogens (tertiary/aromatic N) is 1. The molecule has 0 aliphatic carbocycles. The predicted octanol–water partition coefficient (Wildman–Crippen LogP) is 1.41. The van der Waals surface area contributed by atoms with Crippen LogP contribution in [0, 0.1) is 11.8 Å². The molecule has 0 saturated heterocycles. The molecule has 0 spiro atoms. The summed E-state index contributed by atoms with van der Waals surface area (Å²) in [6, 6.07) is 0. The van der Waals surface area contributed by atoms with Crippen molar-refractivity contribution >= 4 is 11.8 Å². The fourth-order valence-corrected chi connectivity index (χ4v) is 1.96. The highest BCUT2D eigenvalue weighted by Gasteiger charge is 2.22. The van der Waals surface area contributed by atoms with Gasteiger partial charge in [-0.1, -0.05) is 27.7 Å². The summed E-state index contributed by atoms with van der Waals surface area (Å²) in [7, 11) is 0. The van der Waals surface area contributed by atoms with Crippen LogP contribution in [0.4, 0.5) is 0 Å². The number of hydrogen-bond acceptors (Lipinski definition) is 3. The molecule has 5 nitrogen and oxygen atoms in total. The maximum Gasteiger partial charge on any atom is 0.311 e. The molecule has 0 aromatic rings. The first kappa shape index (κ1) is 18.9. The minimum atomic E-state index is -0.518. The molecule has 0 unspecified atom stereocenters. The molecule has 0 saturated carbocycles. The van der Waals surface area contributed by atoms with E-state index in [1.54, 1.807) is 4.90 Å². The van der Waals surface area contributed by atoms with Gasteiger partial charge in [0.2, 0.25) is 0 Å².